The Morgan fingerprint density at radius 1 is 1.21 bits per heavy atom. The lowest BCUT2D eigenvalue weighted by molar-refractivity contribution is 0.296. The van der Waals surface area contributed by atoms with Crippen molar-refractivity contribution in [2.75, 3.05) is 30.0 Å². The Morgan fingerprint density at radius 2 is 2.11 bits per heavy atom. The average molecular weight is 341 g/mol. The molecule has 1 aromatic carbocycles. The SMILES string of the molecule is OCCCSCCNc1nccc2c(Br)cccc12. The Morgan fingerprint density at radius 3 is 2.95 bits per heavy atom. The maximum atomic E-state index is 8.70. The lowest BCUT2D eigenvalue weighted by atomic mass is 10.1. The highest BCUT2D eigenvalue weighted by Gasteiger charge is 2.03. The van der Waals surface area contributed by atoms with Gasteiger partial charge in [-0.25, -0.2) is 4.98 Å². The monoisotopic (exact) mass is 340 g/mol. The van der Waals surface area contributed by atoms with Crippen LogP contribution in [0.1, 0.15) is 6.42 Å². The summed E-state index contributed by atoms with van der Waals surface area (Å²) >= 11 is 5.40. The number of aromatic nitrogens is 1. The lowest BCUT2D eigenvalue weighted by Gasteiger charge is -2.09. The van der Waals surface area contributed by atoms with E-state index < -0.39 is 0 Å². The zero-order valence-electron chi connectivity index (χ0n) is 10.6. The molecule has 0 atom stereocenters. The molecule has 102 valence electrons. The Labute approximate surface area is 125 Å². The van der Waals surface area contributed by atoms with Crippen molar-refractivity contribution < 1.29 is 5.11 Å². The highest BCUT2D eigenvalue weighted by atomic mass is 79.9. The number of aliphatic hydroxyl groups is 1. The van der Waals surface area contributed by atoms with Crippen LogP contribution in [0.25, 0.3) is 10.8 Å². The fraction of sp³-hybridized carbons (Fsp3) is 0.357. The van der Waals surface area contributed by atoms with Gasteiger partial charge in [-0.05, 0) is 24.3 Å². The molecule has 0 fully saturated rings. The number of halogens is 1. The van der Waals surface area contributed by atoms with Crippen LogP contribution < -0.4 is 5.32 Å². The molecule has 0 saturated carbocycles. The minimum absolute atomic E-state index is 0.277. The largest absolute Gasteiger partial charge is 0.396 e. The minimum Gasteiger partial charge on any atom is -0.396 e. The van der Waals surface area contributed by atoms with Crippen molar-refractivity contribution in [3.8, 4) is 0 Å². The smallest absolute Gasteiger partial charge is 0.133 e. The van der Waals surface area contributed by atoms with Crippen molar-refractivity contribution in [1.29, 1.82) is 0 Å². The van der Waals surface area contributed by atoms with E-state index in [4.69, 9.17) is 5.11 Å². The van der Waals surface area contributed by atoms with Gasteiger partial charge < -0.3 is 10.4 Å². The van der Waals surface area contributed by atoms with E-state index in [9.17, 15) is 0 Å². The number of thioether (sulfide) groups is 1. The third kappa shape index (κ3) is 4.09. The first-order chi connectivity index (χ1) is 9.33. The third-order valence-corrected chi connectivity index (χ3v) is 4.50. The topological polar surface area (TPSA) is 45.1 Å². The van der Waals surface area contributed by atoms with Crippen molar-refractivity contribution in [1.82, 2.24) is 4.98 Å². The Balaban J connectivity index is 1.95. The molecule has 5 heteroatoms. The summed E-state index contributed by atoms with van der Waals surface area (Å²) < 4.78 is 1.09. The van der Waals surface area contributed by atoms with Crippen LogP contribution in [0.5, 0.6) is 0 Å². The predicted octanol–water partition coefficient (Wildman–Crippen LogP) is 3.52. The number of fused-ring (bicyclic) bond motifs is 1. The molecule has 0 amide bonds. The zero-order chi connectivity index (χ0) is 13.5. The number of rotatable bonds is 7. The number of nitrogens with one attached hydrogen (secondary N) is 1. The van der Waals surface area contributed by atoms with Gasteiger partial charge in [-0.15, -0.1) is 0 Å². The van der Waals surface area contributed by atoms with Gasteiger partial charge in [0, 0.05) is 40.3 Å². The number of aliphatic hydroxyl groups excluding tert-OH is 1. The van der Waals surface area contributed by atoms with Crippen molar-refractivity contribution in [2.45, 2.75) is 6.42 Å². The summed E-state index contributed by atoms with van der Waals surface area (Å²) in [4.78, 5) is 4.40. The lowest BCUT2D eigenvalue weighted by Crippen LogP contribution is -2.06. The molecule has 0 bridgehead atoms. The molecule has 1 aromatic heterocycles. The van der Waals surface area contributed by atoms with E-state index in [-0.39, 0.29) is 6.61 Å². The van der Waals surface area contributed by atoms with Gasteiger partial charge in [-0.3, -0.25) is 0 Å². The number of nitrogens with zero attached hydrogens (tertiary/aromatic N) is 1. The highest BCUT2D eigenvalue weighted by molar-refractivity contribution is 9.10. The first kappa shape index (κ1) is 14.6. The van der Waals surface area contributed by atoms with Crippen LogP contribution in [-0.2, 0) is 0 Å². The molecule has 0 saturated heterocycles. The molecule has 19 heavy (non-hydrogen) atoms. The average Bonchev–Trinajstić information content (AvgIpc) is 2.43. The molecule has 0 aliphatic carbocycles. The molecule has 0 spiro atoms. The van der Waals surface area contributed by atoms with Gasteiger partial charge in [0.05, 0.1) is 0 Å². The summed E-state index contributed by atoms with van der Waals surface area (Å²) in [6.07, 6.45) is 2.69. The van der Waals surface area contributed by atoms with E-state index in [0.717, 1.165) is 40.1 Å². The fourth-order valence-corrected chi connectivity index (χ4v) is 3.10. The van der Waals surface area contributed by atoms with Crippen LogP contribution in [0.2, 0.25) is 0 Å². The fourth-order valence-electron chi connectivity index (χ4n) is 1.82. The Hall–Kier alpha value is -0.780. The molecule has 0 radical (unpaired) electrons. The molecule has 2 rings (SSSR count). The summed E-state index contributed by atoms with van der Waals surface area (Å²) in [7, 11) is 0. The quantitative estimate of drug-likeness (QED) is 0.757. The van der Waals surface area contributed by atoms with Crippen LogP contribution in [0.3, 0.4) is 0 Å². The van der Waals surface area contributed by atoms with E-state index in [2.05, 4.69) is 32.3 Å². The second kappa shape index (κ2) is 7.72. The van der Waals surface area contributed by atoms with Gasteiger partial charge in [0.2, 0.25) is 0 Å². The molecule has 1 heterocycles. The van der Waals surface area contributed by atoms with E-state index in [1.807, 2.05) is 36.2 Å². The molecule has 2 aromatic rings. The summed E-state index contributed by atoms with van der Waals surface area (Å²) in [5.74, 6) is 2.96. The van der Waals surface area contributed by atoms with E-state index in [1.165, 1.54) is 5.39 Å². The highest BCUT2D eigenvalue weighted by Crippen LogP contribution is 2.27. The van der Waals surface area contributed by atoms with Gasteiger partial charge in [0.1, 0.15) is 5.82 Å². The van der Waals surface area contributed by atoms with Crippen molar-refractivity contribution in [3.63, 3.8) is 0 Å². The van der Waals surface area contributed by atoms with Gasteiger partial charge in [0.15, 0.2) is 0 Å². The van der Waals surface area contributed by atoms with E-state index >= 15 is 0 Å². The second-order valence-electron chi connectivity index (χ2n) is 4.11. The van der Waals surface area contributed by atoms with Crippen molar-refractivity contribution in [2.24, 2.45) is 0 Å². The number of anilines is 1. The molecular weight excluding hydrogens is 324 g/mol. The van der Waals surface area contributed by atoms with Crippen LogP contribution in [0.15, 0.2) is 34.9 Å². The van der Waals surface area contributed by atoms with E-state index in [0.29, 0.717) is 0 Å². The normalized spacial score (nSPS) is 10.8. The standard InChI is InChI=1S/C14H17BrN2OS/c15-13-4-1-3-12-11(13)5-6-16-14(12)17-7-10-19-9-2-8-18/h1,3-6,18H,2,7-10H2,(H,16,17). The summed E-state index contributed by atoms with van der Waals surface area (Å²) in [5, 5.41) is 14.4. The number of hydrogen-bond donors (Lipinski definition) is 2. The van der Waals surface area contributed by atoms with Crippen LogP contribution >= 0.6 is 27.7 Å². The Bertz CT molecular complexity index is 536. The number of hydrogen-bond acceptors (Lipinski definition) is 4. The van der Waals surface area contributed by atoms with Crippen LogP contribution in [0, 0.1) is 0 Å². The number of benzene rings is 1. The molecule has 3 nitrogen and oxygen atoms in total. The van der Waals surface area contributed by atoms with Crippen molar-refractivity contribution in [3.05, 3.63) is 34.9 Å². The third-order valence-electron chi connectivity index (χ3n) is 2.74. The molecule has 0 aliphatic heterocycles. The first-order valence-corrected chi connectivity index (χ1v) is 8.23. The summed E-state index contributed by atoms with van der Waals surface area (Å²) in [6, 6.07) is 8.15. The van der Waals surface area contributed by atoms with Crippen molar-refractivity contribution >= 4 is 44.3 Å². The summed E-state index contributed by atoms with van der Waals surface area (Å²) in [5.41, 5.74) is 0. The second-order valence-corrected chi connectivity index (χ2v) is 6.19. The zero-order valence-corrected chi connectivity index (χ0v) is 13.0. The number of pyridine rings is 1. The van der Waals surface area contributed by atoms with Gasteiger partial charge in [0.25, 0.3) is 0 Å². The van der Waals surface area contributed by atoms with Crippen LogP contribution in [-0.4, -0.2) is 34.7 Å². The maximum Gasteiger partial charge on any atom is 0.133 e. The van der Waals surface area contributed by atoms with Gasteiger partial charge in [-0.2, -0.15) is 11.8 Å². The van der Waals surface area contributed by atoms with E-state index in [1.54, 1.807) is 0 Å². The predicted molar refractivity (Wildman–Crippen MR) is 87.0 cm³/mol. The Kier molecular flexibility index (Phi) is 5.94. The van der Waals surface area contributed by atoms with Gasteiger partial charge >= 0.3 is 0 Å². The minimum atomic E-state index is 0.277. The molecule has 2 N–H and O–H groups in total. The molecule has 0 aliphatic rings. The summed E-state index contributed by atoms with van der Waals surface area (Å²) in [6.45, 7) is 1.16. The first-order valence-electron chi connectivity index (χ1n) is 6.28. The maximum absolute atomic E-state index is 8.70. The van der Waals surface area contributed by atoms with Crippen LogP contribution in [0.4, 0.5) is 5.82 Å². The molecular formula is C14H17BrN2OS. The van der Waals surface area contributed by atoms with Gasteiger partial charge in [-0.1, -0.05) is 28.1 Å². The molecule has 0 unspecified atom stereocenters.